The van der Waals surface area contributed by atoms with Crippen LogP contribution in [0.15, 0.2) is 0 Å². The fourth-order valence-electron chi connectivity index (χ4n) is 2.29. The van der Waals surface area contributed by atoms with E-state index in [0.717, 1.165) is 0 Å². The summed E-state index contributed by atoms with van der Waals surface area (Å²) in [6.07, 6.45) is 1.32. The van der Waals surface area contributed by atoms with Gasteiger partial charge in [0.25, 0.3) is 0 Å². The Bertz CT molecular complexity index is 490. The van der Waals surface area contributed by atoms with Crippen molar-refractivity contribution in [1.29, 1.82) is 0 Å². The summed E-state index contributed by atoms with van der Waals surface area (Å²) in [5, 5.41) is 11.7. The van der Waals surface area contributed by atoms with Gasteiger partial charge in [-0.2, -0.15) is 0 Å². The summed E-state index contributed by atoms with van der Waals surface area (Å²) in [6.45, 7) is 3.29. The number of amides is 2. The van der Waals surface area contributed by atoms with Crippen molar-refractivity contribution in [2.75, 3.05) is 18.6 Å². The molecule has 1 heterocycles. The second-order valence-corrected chi connectivity index (χ2v) is 7.71. The number of carbonyl (C=O) groups excluding carboxylic acids is 1. The summed E-state index contributed by atoms with van der Waals surface area (Å²) in [4.78, 5) is 24.7. The number of sulfone groups is 1. The Morgan fingerprint density at radius 3 is 2.45 bits per heavy atom. The van der Waals surface area contributed by atoms with Gasteiger partial charge in [-0.25, -0.2) is 18.0 Å². The molecule has 1 aliphatic rings. The van der Waals surface area contributed by atoms with Crippen molar-refractivity contribution < 1.29 is 23.1 Å². The molecule has 1 aliphatic heterocycles. The van der Waals surface area contributed by atoms with E-state index >= 15 is 0 Å². The number of hydrogen-bond donors (Lipinski definition) is 2. The van der Waals surface area contributed by atoms with E-state index in [4.69, 9.17) is 0 Å². The molecule has 0 aliphatic carbocycles. The minimum absolute atomic E-state index is 0.0610. The average Bonchev–Trinajstić information content (AvgIpc) is 2.68. The molecule has 2 amide bonds. The van der Waals surface area contributed by atoms with Crippen molar-refractivity contribution in [2.45, 2.75) is 44.7 Å². The van der Waals surface area contributed by atoms with Gasteiger partial charge in [-0.05, 0) is 19.8 Å². The molecule has 0 spiro atoms. The van der Waals surface area contributed by atoms with Gasteiger partial charge in [-0.15, -0.1) is 0 Å². The highest BCUT2D eigenvalue weighted by molar-refractivity contribution is 7.91. The summed E-state index contributed by atoms with van der Waals surface area (Å²) in [5.74, 6) is -1.09. The van der Waals surface area contributed by atoms with Crippen molar-refractivity contribution in [2.24, 2.45) is 0 Å². The Morgan fingerprint density at radius 1 is 1.45 bits per heavy atom. The number of carbonyl (C=O) groups is 2. The van der Waals surface area contributed by atoms with Crippen LogP contribution < -0.4 is 5.32 Å². The Kier molecular flexibility index (Phi) is 5.01. The van der Waals surface area contributed by atoms with Crippen molar-refractivity contribution in [3.63, 3.8) is 0 Å². The lowest BCUT2D eigenvalue weighted by atomic mass is 9.96. The van der Waals surface area contributed by atoms with Crippen LogP contribution in [0.25, 0.3) is 0 Å². The monoisotopic (exact) mass is 306 g/mol. The van der Waals surface area contributed by atoms with Crippen molar-refractivity contribution in [3.8, 4) is 0 Å². The van der Waals surface area contributed by atoms with Crippen LogP contribution in [0.5, 0.6) is 0 Å². The van der Waals surface area contributed by atoms with Crippen LogP contribution >= 0.6 is 0 Å². The quantitative estimate of drug-likeness (QED) is 0.768. The molecule has 7 nitrogen and oxygen atoms in total. The Morgan fingerprint density at radius 2 is 2.05 bits per heavy atom. The predicted octanol–water partition coefficient (Wildman–Crippen LogP) is 0.458. The first-order valence-corrected chi connectivity index (χ1v) is 8.42. The lowest BCUT2D eigenvalue weighted by molar-refractivity contribution is -0.144. The molecule has 2 unspecified atom stereocenters. The third-order valence-corrected chi connectivity index (χ3v) is 5.43. The summed E-state index contributed by atoms with van der Waals surface area (Å²) in [7, 11) is -1.59. The lowest BCUT2D eigenvalue weighted by Gasteiger charge is -2.31. The van der Waals surface area contributed by atoms with Gasteiger partial charge in [0.15, 0.2) is 9.84 Å². The molecule has 8 heteroatoms. The molecule has 1 saturated heterocycles. The molecule has 0 aromatic rings. The van der Waals surface area contributed by atoms with Gasteiger partial charge < -0.3 is 15.3 Å². The first kappa shape index (κ1) is 16.7. The number of rotatable bonds is 5. The number of aliphatic carboxylic acids is 1. The highest BCUT2D eigenvalue weighted by Gasteiger charge is 2.38. The summed E-state index contributed by atoms with van der Waals surface area (Å²) in [5.41, 5.74) is -1.34. The molecule has 0 aromatic heterocycles. The second kappa shape index (κ2) is 5.99. The third kappa shape index (κ3) is 3.84. The minimum atomic E-state index is -3.08. The lowest BCUT2D eigenvalue weighted by Crippen LogP contribution is -2.57. The van der Waals surface area contributed by atoms with E-state index < -0.39 is 27.4 Å². The molecule has 0 radical (unpaired) electrons. The largest absolute Gasteiger partial charge is 0.480 e. The topological polar surface area (TPSA) is 104 Å². The molecule has 116 valence electrons. The number of nitrogens with one attached hydrogen (secondary N) is 1. The number of carboxylic acid groups (broad SMARTS) is 1. The zero-order chi connectivity index (χ0) is 15.6. The van der Waals surface area contributed by atoms with Crippen LogP contribution in [0.4, 0.5) is 4.79 Å². The van der Waals surface area contributed by atoms with E-state index in [1.165, 1.54) is 18.9 Å². The first-order chi connectivity index (χ1) is 9.11. The van der Waals surface area contributed by atoms with E-state index in [1.807, 2.05) is 6.92 Å². The first-order valence-electron chi connectivity index (χ1n) is 6.60. The van der Waals surface area contributed by atoms with Crippen molar-refractivity contribution in [1.82, 2.24) is 10.2 Å². The van der Waals surface area contributed by atoms with Crippen LogP contribution in [0.3, 0.4) is 0 Å². The van der Waals surface area contributed by atoms with Gasteiger partial charge in [0, 0.05) is 13.1 Å². The zero-order valence-corrected chi connectivity index (χ0v) is 12.9. The van der Waals surface area contributed by atoms with Crippen LogP contribution in [0, 0.1) is 0 Å². The Labute approximate surface area is 119 Å². The van der Waals surface area contributed by atoms with Gasteiger partial charge in [0.1, 0.15) is 5.54 Å². The van der Waals surface area contributed by atoms with E-state index in [9.17, 15) is 23.1 Å². The van der Waals surface area contributed by atoms with E-state index in [2.05, 4.69) is 5.32 Å². The normalized spacial score (nSPS) is 23.9. The number of hydrogen-bond acceptors (Lipinski definition) is 4. The van der Waals surface area contributed by atoms with Crippen LogP contribution in [-0.4, -0.2) is 60.6 Å². The summed E-state index contributed by atoms with van der Waals surface area (Å²) in [6, 6.07) is -0.940. The predicted molar refractivity (Wildman–Crippen MR) is 74.3 cm³/mol. The highest BCUT2D eigenvalue weighted by atomic mass is 32.2. The van der Waals surface area contributed by atoms with Gasteiger partial charge in [0.2, 0.25) is 0 Å². The Balaban J connectivity index is 2.72. The summed E-state index contributed by atoms with van der Waals surface area (Å²) < 4.78 is 22.8. The molecule has 1 rings (SSSR count). The third-order valence-electron chi connectivity index (χ3n) is 3.68. The number of urea groups is 1. The SMILES string of the molecule is CCCC(C)(NC(=O)N(C)C1CCS(=O)(=O)C1)C(=O)O. The maximum atomic E-state index is 12.1. The van der Waals surface area contributed by atoms with Gasteiger partial charge in [-0.1, -0.05) is 13.3 Å². The molecular formula is C12H22N2O5S. The number of carboxylic acids is 1. The summed E-state index contributed by atoms with van der Waals surface area (Å²) >= 11 is 0. The minimum Gasteiger partial charge on any atom is -0.480 e. The van der Waals surface area contributed by atoms with E-state index in [-0.39, 0.29) is 17.5 Å². The smallest absolute Gasteiger partial charge is 0.329 e. The van der Waals surface area contributed by atoms with Crippen LogP contribution in [0.2, 0.25) is 0 Å². The fourth-order valence-corrected chi connectivity index (χ4v) is 4.07. The Hall–Kier alpha value is -1.31. The zero-order valence-electron chi connectivity index (χ0n) is 12.0. The highest BCUT2D eigenvalue weighted by Crippen LogP contribution is 2.18. The molecule has 0 aromatic carbocycles. The molecule has 0 saturated carbocycles. The maximum Gasteiger partial charge on any atom is 0.329 e. The van der Waals surface area contributed by atoms with Crippen LogP contribution in [-0.2, 0) is 14.6 Å². The van der Waals surface area contributed by atoms with Crippen LogP contribution in [0.1, 0.15) is 33.1 Å². The standard InChI is InChI=1S/C12H22N2O5S/c1-4-6-12(2,10(15)16)13-11(17)14(3)9-5-7-20(18,19)8-9/h9H,4-8H2,1-3H3,(H,13,17)(H,15,16). The second-order valence-electron chi connectivity index (χ2n) is 5.49. The molecule has 2 N–H and O–H groups in total. The molecule has 0 bridgehead atoms. The number of nitrogens with zero attached hydrogens (tertiary/aromatic N) is 1. The van der Waals surface area contributed by atoms with Gasteiger partial charge in [-0.3, -0.25) is 0 Å². The fraction of sp³-hybridized carbons (Fsp3) is 0.833. The molecular weight excluding hydrogens is 284 g/mol. The maximum absolute atomic E-state index is 12.1. The van der Waals surface area contributed by atoms with E-state index in [0.29, 0.717) is 19.3 Å². The van der Waals surface area contributed by atoms with Crippen molar-refractivity contribution >= 4 is 21.8 Å². The van der Waals surface area contributed by atoms with E-state index in [1.54, 1.807) is 0 Å². The molecule has 20 heavy (non-hydrogen) atoms. The molecule has 2 atom stereocenters. The average molecular weight is 306 g/mol. The van der Waals surface area contributed by atoms with Crippen molar-refractivity contribution in [3.05, 3.63) is 0 Å². The van der Waals surface area contributed by atoms with Gasteiger partial charge in [0.05, 0.1) is 11.5 Å². The molecule has 1 fully saturated rings. The van der Waals surface area contributed by atoms with Gasteiger partial charge >= 0.3 is 12.0 Å².